The quantitative estimate of drug-likeness (QED) is 0.549. The van der Waals surface area contributed by atoms with Crippen molar-refractivity contribution in [2.75, 3.05) is 0 Å². The number of esters is 1. The van der Waals surface area contributed by atoms with Gasteiger partial charge in [0.05, 0.1) is 5.41 Å². The highest BCUT2D eigenvalue weighted by molar-refractivity contribution is 5.79. The lowest BCUT2D eigenvalue weighted by molar-refractivity contribution is -0.230. The minimum Gasteiger partial charge on any atom is -0.461 e. The summed E-state index contributed by atoms with van der Waals surface area (Å²) in [6.45, 7) is 27.0. The van der Waals surface area contributed by atoms with Crippen molar-refractivity contribution in [2.45, 2.75) is 95.6 Å². The van der Waals surface area contributed by atoms with Gasteiger partial charge in [-0.3, -0.25) is 4.79 Å². The molecular weight excluding hydrogens is 296 g/mol. The van der Waals surface area contributed by atoms with Gasteiger partial charge in [-0.2, -0.15) is 0 Å². The lowest BCUT2D eigenvalue weighted by atomic mass is 9.47. The van der Waals surface area contributed by atoms with Crippen LogP contribution in [0.1, 0.15) is 89.5 Å². The van der Waals surface area contributed by atoms with Crippen molar-refractivity contribution in [3.8, 4) is 0 Å². The molecule has 0 aromatic carbocycles. The molecule has 24 heavy (non-hydrogen) atoms. The molecule has 1 heterocycles. The summed E-state index contributed by atoms with van der Waals surface area (Å²) in [6, 6.07) is 0. The van der Waals surface area contributed by atoms with Gasteiger partial charge in [-0.1, -0.05) is 83.1 Å². The van der Waals surface area contributed by atoms with Crippen LogP contribution in [-0.4, -0.2) is 12.1 Å². The Morgan fingerprint density at radius 2 is 1.38 bits per heavy atom. The summed E-state index contributed by atoms with van der Waals surface area (Å²) in [6.07, 6.45) is 0.794. The van der Waals surface area contributed by atoms with Crippen LogP contribution < -0.4 is 0 Å². The minimum atomic E-state index is -0.405. The predicted octanol–water partition coefficient (Wildman–Crippen LogP) is 6.33. The predicted molar refractivity (Wildman–Crippen MR) is 103 cm³/mol. The molecule has 0 amide bonds. The topological polar surface area (TPSA) is 26.3 Å². The Hall–Kier alpha value is -0.530. The van der Waals surface area contributed by atoms with E-state index in [4.69, 9.17) is 4.74 Å². The molecule has 0 N–H and O–H groups in total. The zero-order valence-electron chi connectivity index (χ0n) is 18.3. The Kier molecular flexibility index (Phi) is 5.67. The van der Waals surface area contributed by atoms with E-state index < -0.39 is 5.41 Å². The molecule has 0 aromatic heterocycles. The average Bonchev–Trinajstić information content (AvgIpc) is 2.33. The molecule has 1 aliphatic heterocycles. The van der Waals surface area contributed by atoms with Crippen molar-refractivity contribution < 1.29 is 9.53 Å². The molecule has 0 radical (unpaired) electrons. The number of ether oxygens (including phenoxy) is 1. The Morgan fingerprint density at radius 1 is 0.917 bits per heavy atom. The first-order chi connectivity index (χ1) is 10.5. The van der Waals surface area contributed by atoms with Gasteiger partial charge in [-0.15, -0.1) is 0 Å². The van der Waals surface area contributed by atoms with Gasteiger partial charge in [0, 0.05) is 5.92 Å². The number of rotatable bonds is 2. The van der Waals surface area contributed by atoms with Crippen molar-refractivity contribution in [1.29, 1.82) is 0 Å². The highest BCUT2D eigenvalue weighted by Crippen LogP contribution is 2.61. The number of carbonyl (C=O) groups excluding carboxylic acids is 1. The van der Waals surface area contributed by atoms with Gasteiger partial charge >= 0.3 is 5.97 Å². The molecule has 0 spiro atoms. The molecule has 142 valence electrons. The van der Waals surface area contributed by atoms with Gasteiger partial charge in [0.25, 0.3) is 0 Å². The zero-order chi connectivity index (χ0) is 19.3. The normalized spacial score (nSPS) is 32.9. The van der Waals surface area contributed by atoms with Gasteiger partial charge < -0.3 is 4.74 Å². The van der Waals surface area contributed by atoms with E-state index in [-0.39, 0.29) is 34.2 Å². The minimum absolute atomic E-state index is 0.0281. The van der Waals surface area contributed by atoms with E-state index in [1.807, 2.05) is 0 Å². The van der Waals surface area contributed by atoms with E-state index in [2.05, 4.69) is 83.1 Å². The van der Waals surface area contributed by atoms with Crippen LogP contribution in [0.25, 0.3) is 0 Å². The molecule has 4 unspecified atom stereocenters. The third kappa shape index (κ3) is 3.53. The van der Waals surface area contributed by atoms with Gasteiger partial charge in [-0.05, 0) is 34.5 Å². The van der Waals surface area contributed by atoms with E-state index in [1.165, 1.54) is 0 Å². The van der Waals surface area contributed by atoms with E-state index in [1.54, 1.807) is 0 Å². The maximum Gasteiger partial charge on any atom is 0.312 e. The van der Waals surface area contributed by atoms with Gasteiger partial charge in [0.2, 0.25) is 0 Å². The van der Waals surface area contributed by atoms with E-state index in [9.17, 15) is 4.79 Å². The molecule has 1 rings (SSSR count). The van der Waals surface area contributed by atoms with Crippen LogP contribution in [0.2, 0.25) is 0 Å². The van der Waals surface area contributed by atoms with Gasteiger partial charge in [-0.25, -0.2) is 0 Å². The fourth-order valence-electron chi connectivity index (χ4n) is 5.27. The Labute approximate surface area is 151 Å². The van der Waals surface area contributed by atoms with Crippen LogP contribution >= 0.6 is 0 Å². The van der Waals surface area contributed by atoms with E-state index in [0.717, 1.165) is 6.42 Å². The standard InChI is InChI=1S/C22H42O2/c1-13-22(14(2)3)16(20(7,8)9)15(19(4,5)6)17(21(10,11)12)24-18(22)23/h14-17H,13H2,1-12H3. The van der Waals surface area contributed by atoms with Crippen LogP contribution in [-0.2, 0) is 9.53 Å². The molecule has 2 heteroatoms. The number of hydrogen-bond donors (Lipinski definition) is 0. The first-order valence-corrected chi connectivity index (χ1v) is 9.72. The molecular formula is C22H42O2. The van der Waals surface area contributed by atoms with Gasteiger partial charge in [0.1, 0.15) is 6.10 Å². The van der Waals surface area contributed by atoms with Gasteiger partial charge in [0.15, 0.2) is 0 Å². The first-order valence-electron chi connectivity index (χ1n) is 9.72. The van der Waals surface area contributed by atoms with E-state index >= 15 is 0 Å². The number of carbonyl (C=O) groups is 1. The highest BCUT2D eigenvalue weighted by atomic mass is 16.5. The summed E-state index contributed by atoms with van der Waals surface area (Å²) in [5.41, 5.74) is -0.348. The number of cyclic esters (lactones) is 1. The number of hydrogen-bond acceptors (Lipinski definition) is 2. The first kappa shape index (κ1) is 21.5. The smallest absolute Gasteiger partial charge is 0.312 e. The van der Waals surface area contributed by atoms with E-state index in [0.29, 0.717) is 11.8 Å². The van der Waals surface area contributed by atoms with Crippen molar-refractivity contribution in [1.82, 2.24) is 0 Å². The van der Waals surface area contributed by atoms with Crippen molar-refractivity contribution >= 4 is 5.97 Å². The molecule has 0 aliphatic carbocycles. The molecule has 4 atom stereocenters. The fourth-order valence-corrected chi connectivity index (χ4v) is 5.27. The monoisotopic (exact) mass is 338 g/mol. The lowest BCUT2D eigenvalue weighted by Crippen LogP contribution is -2.64. The van der Waals surface area contributed by atoms with Crippen molar-refractivity contribution in [3.05, 3.63) is 0 Å². The molecule has 1 saturated heterocycles. The largest absolute Gasteiger partial charge is 0.461 e. The summed E-state index contributed by atoms with van der Waals surface area (Å²) in [5, 5.41) is 0. The third-order valence-electron chi connectivity index (χ3n) is 6.26. The van der Waals surface area contributed by atoms with Crippen LogP contribution in [0.15, 0.2) is 0 Å². The second-order valence-electron chi connectivity index (χ2n) is 11.5. The SMILES string of the molecule is CCC1(C(C)C)C(=O)OC(C(C)(C)C)C(C(C)(C)C)C1C(C)(C)C. The maximum absolute atomic E-state index is 13.4. The molecule has 0 bridgehead atoms. The third-order valence-corrected chi connectivity index (χ3v) is 6.26. The van der Waals surface area contributed by atoms with Crippen LogP contribution in [0.3, 0.4) is 0 Å². The highest BCUT2D eigenvalue weighted by Gasteiger charge is 2.63. The molecule has 2 nitrogen and oxygen atoms in total. The summed E-state index contributed by atoms with van der Waals surface area (Å²) < 4.78 is 6.24. The second kappa shape index (κ2) is 6.32. The molecule has 0 saturated carbocycles. The summed E-state index contributed by atoms with van der Waals surface area (Å²) in [7, 11) is 0. The second-order valence-corrected chi connectivity index (χ2v) is 11.5. The maximum atomic E-state index is 13.4. The zero-order valence-corrected chi connectivity index (χ0v) is 18.3. The van der Waals surface area contributed by atoms with Crippen LogP contribution in [0.4, 0.5) is 0 Å². The summed E-state index contributed by atoms with van der Waals surface area (Å²) >= 11 is 0. The molecule has 0 aromatic rings. The van der Waals surface area contributed by atoms with Crippen molar-refractivity contribution in [3.63, 3.8) is 0 Å². The Morgan fingerprint density at radius 3 is 1.62 bits per heavy atom. The molecule has 1 aliphatic rings. The van der Waals surface area contributed by atoms with Crippen molar-refractivity contribution in [2.24, 2.45) is 39.4 Å². The van der Waals surface area contributed by atoms with Crippen LogP contribution in [0.5, 0.6) is 0 Å². The fraction of sp³-hybridized carbons (Fsp3) is 0.955. The average molecular weight is 339 g/mol. The molecule has 1 fully saturated rings. The lowest BCUT2D eigenvalue weighted by Gasteiger charge is -2.61. The Balaban J connectivity index is 3.74. The Bertz CT molecular complexity index is 456. The van der Waals surface area contributed by atoms with Crippen LogP contribution in [0, 0.1) is 39.4 Å². The summed E-state index contributed by atoms with van der Waals surface area (Å²) in [5.74, 6) is 0.920. The summed E-state index contributed by atoms with van der Waals surface area (Å²) in [4.78, 5) is 13.4.